The first kappa shape index (κ1) is 18.8. The van der Waals surface area contributed by atoms with Gasteiger partial charge >= 0.3 is 6.03 Å². The minimum Gasteiger partial charge on any atom is -0.368 e. The molecule has 1 aliphatic rings. The van der Waals surface area contributed by atoms with Crippen molar-refractivity contribution in [3.05, 3.63) is 66.2 Å². The zero-order valence-electron chi connectivity index (χ0n) is 15.6. The predicted molar refractivity (Wildman–Crippen MR) is 107 cm³/mol. The molecule has 0 bridgehead atoms. The second-order valence-corrected chi connectivity index (χ2v) is 6.68. The van der Waals surface area contributed by atoms with E-state index in [2.05, 4.69) is 27.7 Å². The number of nitrogens with one attached hydrogen (secondary N) is 2. The van der Waals surface area contributed by atoms with Gasteiger partial charge in [0.2, 0.25) is 5.91 Å². The maximum absolute atomic E-state index is 12.4. The van der Waals surface area contributed by atoms with Gasteiger partial charge in [-0.3, -0.25) is 4.79 Å². The maximum atomic E-state index is 12.4. The number of urea groups is 1. The van der Waals surface area contributed by atoms with Crippen molar-refractivity contribution in [2.24, 2.45) is 0 Å². The molecule has 2 aromatic carbocycles. The fourth-order valence-electron chi connectivity index (χ4n) is 3.09. The summed E-state index contributed by atoms with van der Waals surface area (Å²) in [5.41, 5.74) is 2.20. The maximum Gasteiger partial charge on any atom is 0.318 e. The molecule has 1 aliphatic heterocycles. The number of rotatable bonds is 5. The molecule has 2 aromatic rings. The van der Waals surface area contributed by atoms with E-state index < -0.39 is 6.04 Å². The minimum absolute atomic E-state index is 0.185. The van der Waals surface area contributed by atoms with Crippen molar-refractivity contribution in [1.82, 2.24) is 15.5 Å². The van der Waals surface area contributed by atoms with Crippen LogP contribution in [0.25, 0.3) is 0 Å². The van der Waals surface area contributed by atoms with Gasteiger partial charge in [-0.05, 0) is 24.6 Å². The second-order valence-electron chi connectivity index (χ2n) is 6.68. The Balaban J connectivity index is 1.42. The van der Waals surface area contributed by atoms with E-state index in [0.717, 1.165) is 18.7 Å². The highest BCUT2D eigenvalue weighted by molar-refractivity contribution is 5.86. The molecular weight excluding hydrogens is 340 g/mol. The van der Waals surface area contributed by atoms with Crippen LogP contribution in [0.5, 0.6) is 0 Å². The summed E-state index contributed by atoms with van der Waals surface area (Å²) < 4.78 is 0. The molecule has 3 rings (SSSR count). The molecule has 0 unspecified atom stereocenters. The lowest BCUT2D eigenvalue weighted by molar-refractivity contribution is -0.122. The van der Waals surface area contributed by atoms with Crippen molar-refractivity contribution in [2.75, 3.05) is 31.1 Å². The summed E-state index contributed by atoms with van der Waals surface area (Å²) >= 11 is 0. The summed E-state index contributed by atoms with van der Waals surface area (Å²) in [5, 5.41) is 5.65. The van der Waals surface area contributed by atoms with Crippen LogP contribution in [-0.2, 0) is 11.3 Å². The molecule has 3 amide bonds. The van der Waals surface area contributed by atoms with Crippen LogP contribution in [0, 0.1) is 0 Å². The van der Waals surface area contributed by atoms with Gasteiger partial charge in [0, 0.05) is 38.4 Å². The van der Waals surface area contributed by atoms with Gasteiger partial charge in [-0.25, -0.2) is 4.79 Å². The van der Waals surface area contributed by atoms with Crippen molar-refractivity contribution < 1.29 is 9.59 Å². The number of para-hydroxylation sites is 1. The molecule has 0 aliphatic carbocycles. The first-order chi connectivity index (χ1) is 13.1. The van der Waals surface area contributed by atoms with Crippen LogP contribution in [0.1, 0.15) is 12.5 Å². The summed E-state index contributed by atoms with van der Waals surface area (Å²) in [6.07, 6.45) is 0. The van der Waals surface area contributed by atoms with E-state index in [0.29, 0.717) is 19.6 Å². The van der Waals surface area contributed by atoms with E-state index in [9.17, 15) is 9.59 Å². The number of carbonyl (C=O) groups is 2. The molecule has 1 heterocycles. The van der Waals surface area contributed by atoms with Crippen LogP contribution in [0.2, 0.25) is 0 Å². The molecule has 6 nitrogen and oxygen atoms in total. The highest BCUT2D eigenvalue weighted by Crippen LogP contribution is 2.15. The Labute approximate surface area is 160 Å². The first-order valence-electron chi connectivity index (χ1n) is 9.30. The van der Waals surface area contributed by atoms with Crippen molar-refractivity contribution in [3.8, 4) is 0 Å². The van der Waals surface area contributed by atoms with Gasteiger partial charge in [-0.1, -0.05) is 48.5 Å². The average Bonchev–Trinajstić information content (AvgIpc) is 2.73. The summed E-state index contributed by atoms with van der Waals surface area (Å²) in [7, 11) is 0. The van der Waals surface area contributed by atoms with E-state index in [1.807, 2.05) is 48.5 Å². The van der Waals surface area contributed by atoms with Gasteiger partial charge in [0.1, 0.15) is 6.04 Å². The number of carbonyl (C=O) groups excluding carboxylic acids is 2. The number of nitrogens with zero attached hydrogens (tertiary/aromatic N) is 2. The third-order valence-electron chi connectivity index (χ3n) is 4.73. The van der Waals surface area contributed by atoms with Crippen LogP contribution in [-0.4, -0.2) is 49.1 Å². The number of piperazine rings is 1. The SMILES string of the molecule is C[C@@H](NC(=O)N1CCN(c2ccccc2)CC1)C(=O)NCc1ccccc1. The van der Waals surface area contributed by atoms with Crippen LogP contribution in [0.4, 0.5) is 10.5 Å². The smallest absolute Gasteiger partial charge is 0.318 e. The summed E-state index contributed by atoms with van der Waals surface area (Å²) in [5.74, 6) is -0.185. The Morgan fingerprint density at radius 3 is 2.15 bits per heavy atom. The molecule has 6 heteroatoms. The topological polar surface area (TPSA) is 64.7 Å². The summed E-state index contributed by atoms with van der Waals surface area (Å²) in [4.78, 5) is 28.7. The number of benzene rings is 2. The lowest BCUT2D eigenvalue weighted by Gasteiger charge is -2.36. The molecule has 142 valence electrons. The van der Waals surface area contributed by atoms with Crippen molar-refractivity contribution in [2.45, 2.75) is 19.5 Å². The first-order valence-corrected chi connectivity index (χ1v) is 9.30. The van der Waals surface area contributed by atoms with Gasteiger partial charge in [-0.2, -0.15) is 0 Å². The molecule has 0 spiro atoms. The fourth-order valence-corrected chi connectivity index (χ4v) is 3.09. The van der Waals surface area contributed by atoms with Gasteiger partial charge < -0.3 is 20.4 Å². The number of hydrogen-bond acceptors (Lipinski definition) is 3. The quantitative estimate of drug-likeness (QED) is 0.853. The molecule has 0 radical (unpaired) electrons. The number of amides is 3. The molecule has 2 N–H and O–H groups in total. The Hall–Kier alpha value is -3.02. The van der Waals surface area contributed by atoms with Gasteiger partial charge in [0.05, 0.1) is 0 Å². The number of hydrogen-bond donors (Lipinski definition) is 2. The molecule has 27 heavy (non-hydrogen) atoms. The Morgan fingerprint density at radius 2 is 1.52 bits per heavy atom. The van der Waals surface area contributed by atoms with Crippen molar-refractivity contribution in [1.29, 1.82) is 0 Å². The highest BCUT2D eigenvalue weighted by Gasteiger charge is 2.24. The van der Waals surface area contributed by atoms with Crippen LogP contribution in [0.3, 0.4) is 0 Å². The van der Waals surface area contributed by atoms with E-state index in [4.69, 9.17) is 0 Å². The van der Waals surface area contributed by atoms with Crippen LogP contribution in [0.15, 0.2) is 60.7 Å². The van der Waals surface area contributed by atoms with E-state index in [-0.39, 0.29) is 11.9 Å². The highest BCUT2D eigenvalue weighted by atomic mass is 16.2. The summed E-state index contributed by atoms with van der Waals surface area (Å²) in [6, 6.07) is 19.1. The summed E-state index contributed by atoms with van der Waals surface area (Å²) in [6.45, 7) is 5.00. The zero-order chi connectivity index (χ0) is 19.1. The predicted octanol–water partition coefficient (Wildman–Crippen LogP) is 2.22. The van der Waals surface area contributed by atoms with Crippen molar-refractivity contribution >= 4 is 17.6 Å². The van der Waals surface area contributed by atoms with Crippen molar-refractivity contribution in [3.63, 3.8) is 0 Å². The van der Waals surface area contributed by atoms with E-state index in [1.165, 1.54) is 5.69 Å². The Kier molecular flexibility index (Phi) is 6.30. The molecule has 0 aromatic heterocycles. The molecular formula is C21H26N4O2. The Bertz CT molecular complexity index is 743. The molecule has 1 atom stereocenters. The van der Waals surface area contributed by atoms with Crippen LogP contribution < -0.4 is 15.5 Å². The number of anilines is 1. The Morgan fingerprint density at radius 1 is 0.926 bits per heavy atom. The monoisotopic (exact) mass is 366 g/mol. The normalized spacial score (nSPS) is 15.1. The van der Waals surface area contributed by atoms with E-state index >= 15 is 0 Å². The largest absolute Gasteiger partial charge is 0.368 e. The third-order valence-corrected chi connectivity index (χ3v) is 4.73. The molecule has 1 saturated heterocycles. The third kappa shape index (κ3) is 5.23. The molecule has 0 saturated carbocycles. The zero-order valence-corrected chi connectivity index (χ0v) is 15.6. The minimum atomic E-state index is -0.576. The lowest BCUT2D eigenvalue weighted by Crippen LogP contribution is -2.55. The average molecular weight is 366 g/mol. The lowest BCUT2D eigenvalue weighted by atomic mass is 10.2. The second kappa shape index (κ2) is 9.07. The van der Waals surface area contributed by atoms with E-state index in [1.54, 1.807) is 11.8 Å². The molecule has 1 fully saturated rings. The van der Waals surface area contributed by atoms with Gasteiger partial charge in [0.25, 0.3) is 0 Å². The van der Waals surface area contributed by atoms with Crippen LogP contribution >= 0.6 is 0 Å². The van der Waals surface area contributed by atoms with Gasteiger partial charge in [-0.15, -0.1) is 0 Å². The fraction of sp³-hybridized carbons (Fsp3) is 0.333. The standard InChI is InChI=1S/C21H26N4O2/c1-17(20(26)22-16-18-8-4-2-5-9-18)23-21(27)25-14-12-24(13-15-25)19-10-6-3-7-11-19/h2-11,17H,12-16H2,1H3,(H,22,26)(H,23,27)/t17-/m1/s1. The van der Waals surface area contributed by atoms with Gasteiger partial charge in [0.15, 0.2) is 0 Å².